The number of nitrogens with zero attached hydrogens (tertiary/aromatic N) is 2. The molecule has 0 spiro atoms. The molecule has 0 bridgehead atoms. The number of rotatable bonds is 2. The number of hydrogen-bond acceptors (Lipinski definition) is 4. The highest BCUT2D eigenvalue weighted by atomic mass is 16.5. The zero-order chi connectivity index (χ0) is 10.3. The Balaban J connectivity index is 1.77. The van der Waals surface area contributed by atoms with E-state index in [1.165, 1.54) is 32.1 Å². The monoisotopic (exact) mass is 207 g/mol. The first-order valence-corrected chi connectivity index (χ1v) is 5.91. The Bertz CT molecular complexity index is 350. The van der Waals surface area contributed by atoms with E-state index in [0.29, 0.717) is 11.8 Å². The molecule has 82 valence electrons. The van der Waals surface area contributed by atoms with Crippen LogP contribution in [0.15, 0.2) is 4.52 Å². The van der Waals surface area contributed by atoms with E-state index in [1.807, 2.05) is 0 Å². The summed E-state index contributed by atoms with van der Waals surface area (Å²) in [4.78, 5) is 4.46. The molecular formula is C11H17N3O. The van der Waals surface area contributed by atoms with Gasteiger partial charge in [0.15, 0.2) is 5.82 Å². The summed E-state index contributed by atoms with van der Waals surface area (Å²) < 4.78 is 5.26. The quantitative estimate of drug-likeness (QED) is 0.806. The topological polar surface area (TPSA) is 64.9 Å². The van der Waals surface area contributed by atoms with Gasteiger partial charge in [-0.2, -0.15) is 4.98 Å². The summed E-state index contributed by atoms with van der Waals surface area (Å²) in [5.41, 5.74) is 5.74. The molecule has 2 N–H and O–H groups in total. The predicted octanol–water partition coefficient (Wildman–Crippen LogP) is 2.07. The maximum atomic E-state index is 6.01. The second-order valence-corrected chi connectivity index (χ2v) is 4.95. The van der Waals surface area contributed by atoms with E-state index in [-0.39, 0.29) is 5.54 Å². The molecule has 3 rings (SSSR count). The molecule has 1 heterocycles. The van der Waals surface area contributed by atoms with Crippen LogP contribution in [0.2, 0.25) is 0 Å². The lowest BCUT2D eigenvalue weighted by atomic mass is 9.89. The van der Waals surface area contributed by atoms with Crippen molar-refractivity contribution in [3.05, 3.63) is 11.7 Å². The first-order chi connectivity index (χ1) is 7.28. The number of nitrogens with two attached hydrogens (primary N) is 1. The van der Waals surface area contributed by atoms with Gasteiger partial charge in [-0.05, 0) is 25.7 Å². The molecule has 2 fully saturated rings. The summed E-state index contributed by atoms with van der Waals surface area (Å²) in [5, 5.41) is 4.08. The molecular weight excluding hydrogens is 190 g/mol. The molecule has 2 aliphatic carbocycles. The molecule has 2 saturated carbocycles. The molecule has 2 aliphatic rings. The first kappa shape index (κ1) is 9.33. The van der Waals surface area contributed by atoms with Gasteiger partial charge in [0.25, 0.3) is 0 Å². The van der Waals surface area contributed by atoms with Crippen LogP contribution in [0.3, 0.4) is 0 Å². The summed E-state index contributed by atoms with van der Waals surface area (Å²) in [6.45, 7) is 0. The summed E-state index contributed by atoms with van der Waals surface area (Å²) in [7, 11) is 0. The molecule has 0 aromatic carbocycles. The van der Waals surface area contributed by atoms with Crippen molar-refractivity contribution in [2.24, 2.45) is 5.73 Å². The Morgan fingerprint density at radius 3 is 2.60 bits per heavy atom. The Labute approximate surface area is 89.2 Å². The summed E-state index contributed by atoms with van der Waals surface area (Å²) in [6, 6.07) is 0. The fourth-order valence-corrected chi connectivity index (χ4v) is 2.31. The molecule has 1 aromatic rings. The minimum Gasteiger partial charge on any atom is -0.337 e. The van der Waals surface area contributed by atoms with Crippen molar-refractivity contribution in [1.29, 1.82) is 0 Å². The van der Waals surface area contributed by atoms with Crippen molar-refractivity contribution in [1.82, 2.24) is 10.1 Å². The smallest absolute Gasteiger partial charge is 0.246 e. The zero-order valence-electron chi connectivity index (χ0n) is 8.91. The van der Waals surface area contributed by atoms with Crippen LogP contribution in [-0.4, -0.2) is 10.1 Å². The third kappa shape index (κ3) is 1.67. The largest absolute Gasteiger partial charge is 0.337 e. The number of aromatic nitrogens is 2. The van der Waals surface area contributed by atoms with Gasteiger partial charge in [-0.15, -0.1) is 0 Å². The maximum absolute atomic E-state index is 6.01. The van der Waals surface area contributed by atoms with Crippen molar-refractivity contribution < 1.29 is 4.52 Å². The lowest BCUT2D eigenvalue weighted by Gasteiger charge is -2.17. The van der Waals surface area contributed by atoms with E-state index >= 15 is 0 Å². The molecule has 1 aromatic heterocycles. The Hall–Kier alpha value is -0.900. The van der Waals surface area contributed by atoms with E-state index in [0.717, 1.165) is 18.7 Å². The van der Waals surface area contributed by atoms with Gasteiger partial charge in [0.05, 0.1) is 5.54 Å². The van der Waals surface area contributed by atoms with Gasteiger partial charge in [0, 0.05) is 5.92 Å². The van der Waals surface area contributed by atoms with E-state index in [2.05, 4.69) is 10.1 Å². The zero-order valence-corrected chi connectivity index (χ0v) is 8.91. The van der Waals surface area contributed by atoms with Gasteiger partial charge in [-0.3, -0.25) is 0 Å². The van der Waals surface area contributed by atoms with Crippen LogP contribution in [0.25, 0.3) is 0 Å². The fraction of sp³-hybridized carbons (Fsp3) is 0.818. The van der Waals surface area contributed by atoms with Crippen LogP contribution in [0.4, 0.5) is 0 Å². The Kier molecular flexibility index (Phi) is 2.06. The standard InChI is InChI=1S/C11H17N3O/c12-11(6-7-11)10-13-9(14-15-10)8-4-2-1-3-5-8/h8H,1-7,12H2. The van der Waals surface area contributed by atoms with Gasteiger partial charge in [-0.25, -0.2) is 0 Å². The van der Waals surface area contributed by atoms with Crippen LogP contribution in [0.5, 0.6) is 0 Å². The maximum Gasteiger partial charge on any atom is 0.246 e. The van der Waals surface area contributed by atoms with E-state index in [9.17, 15) is 0 Å². The van der Waals surface area contributed by atoms with Crippen LogP contribution >= 0.6 is 0 Å². The number of hydrogen-bond donors (Lipinski definition) is 1. The van der Waals surface area contributed by atoms with Crippen molar-refractivity contribution in [2.75, 3.05) is 0 Å². The van der Waals surface area contributed by atoms with Gasteiger partial charge >= 0.3 is 0 Å². The van der Waals surface area contributed by atoms with Gasteiger partial charge < -0.3 is 10.3 Å². The third-order valence-electron chi connectivity index (χ3n) is 3.63. The highest BCUT2D eigenvalue weighted by molar-refractivity contribution is 5.12. The van der Waals surface area contributed by atoms with Gasteiger partial charge in [0.2, 0.25) is 5.89 Å². The Morgan fingerprint density at radius 1 is 1.20 bits per heavy atom. The molecule has 4 heteroatoms. The lowest BCUT2D eigenvalue weighted by Crippen LogP contribution is -2.19. The van der Waals surface area contributed by atoms with Crippen molar-refractivity contribution in [3.63, 3.8) is 0 Å². The minimum atomic E-state index is -0.278. The molecule has 0 radical (unpaired) electrons. The van der Waals surface area contributed by atoms with Crippen LogP contribution in [0, 0.1) is 0 Å². The fourth-order valence-electron chi connectivity index (χ4n) is 2.31. The van der Waals surface area contributed by atoms with Gasteiger partial charge in [0.1, 0.15) is 0 Å². The normalized spacial score (nSPS) is 25.4. The SMILES string of the molecule is NC1(c2nc(C3CCCCC3)no2)CC1. The summed E-state index contributed by atoms with van der Waals surface area (Å²) in [5.74, 6) is 2.06. The van der Waals surface area contributed by atoms with E-state index in [1.54, 1.807) is 0 Å². The van der Waals surface area contributed by atoms with Crippen molar-refractivity contribution in [3.8, 4) is 0 Å². The molecule has 0 atom stereocenters. The van der Waals surface area contributed by atoms with Crippen molar-refractivity contribution >= 4 is 0 Å². The highest BCUT2D eigenvalue weighted by Crippen LogP contribution is 2.42. The predicted molar refractivity (Wildman–Crippen MR) is 55.2 cm³/mol. The highest BCUT2D eigenvalue weighted by Gasteiger charge is 2.45. The first-order valence-electron chi connectivity index (χ1n) is 5.91. The molecule has 4 nitrogen and oxygen atoms in total. The molecule has 0 amide bonds. The second-order valence-electron chi connectivity index (χ2n) is 4.95. The van der Waals surface area contributed by atoms with E-state index < -0.39 is 0 Å². The van der Waals surface area contributed by atoms with E-state index in [4.69, 9.17) is 10.3 Å². The Morgan fingerprint density at radius 2 is 1.93 bits per heavy atom. The van der Waals surface area contributed by atoms with Crippen molar-refractivity contribution in [2.45, 2.75) is 56.4 Å². The summed E-state index contributed by atoms with van der Waals surface area (Å²) >= 11 is 0. The third-order valence-corrected chi connectivity index (χ3v) is 3.63. The average molecular weight is 207 g/mol. The van der Waals surface area contributed by atoms with Crippen LogP contribution in [0.1, 0.15) is 62.6 Å². The molecule has 0 saturated heterocycles. The van der Waals surface area contributed by atoms with Crippen LogP contribution < -0.4 is 5.73 Å². The molecule has 15 heavy (non-hydrogen) atoms. The molecule has 0 unspecified atom stereocenters. The molecule has 0 aliphatic heterocycles. The lowest BCUT2D eigenvalue weighted by molar-refractivity contribution is 0.336. The summed E-state index contributed by atoms with van der Waals surface area (Å²) in [6.07, 6.45) is 8.32. The average Bonchev–Trinajstić information content (AvgIpc) is 2.85. The second kappa shape index (κ2) is 3.30. The van der Waals surface area contributed by atoms with Gasteiger partial charge in [-0.1, -0.05) is 24.4 Å². The minimum absolute atomic E-state index is 0.278. The van der Waals surface area contributed by atoms with Crippen LogP contribution in [-0.2, 0) is 5.54 Å².